The van der Waals surface area contributed by atoms with Crippen molar-refractivity contribution >= 4 is 41.8 Å². The zero-order valence-electron chi connectivity index (χ0n) is 12.6. The second-order valence-electron chi connectivity index (χ2n) is 4.72. The van der Waals surface area contributed by atoms with Crippen LogP contribution >= 0.6 is 35.6 Å². The van der Waals surface area contributed by atoms with Crippen molar-refractivity contribution < 1.29 is 19.0 Å². The van der Waals surface area contributed by atoms with Crippen molar-refractivity contribution in [1.29, 1.82) is 0 Å². The van der Waals surface area contributed by atoms with Crippen molar-refractivity contribution in [3.63, 3.8) is 0 Å². The minimum absolute atomic E-state index is 0. The second kappa shape index (κ2) is 9.88. The molecule has 0 bridgehead atoms. The maximum absolute atomic E-state index is 11.1. The molecule has 0 aliphatic carbocycles. The Balaban J connectivity index is 0.00000264. The smallest absolute Gasteiger partial charge is 0.492 e. The van der Waals surface area contributed by atoms with Crippen LogP contribution < -0.4 is 4.74 Å². The summed E-state index contributed by atoms with van der Waals surface area (Å²) in [6.45, 7) is 2.66. The summed E-state index contributed by atoms with van der Waals surface area (Å²) >= 11 is 11.8. The van der Waals surface area contributed by atoms with Gasteiger partial charge in [0.2, 0.25) is 0 Å². The SMILES string of the molecule is COC(=O)OC1=CCCN(CCOc2ccc(Cl)c(Cl)c2)C1.Cl. The van der Waals surface area contributed by atoms with Gasteiger partial charge in [0.1, 0.15) is 18.1 Å². The lowest BCUT2D eigenvalue weighted by Gasteiger charge is -2.26. The molecule has 0 N–H and O–H groups in total. The van der Waals surface area contributed by atoms with E-state index < -0.39 is 6.16 Å². The van der Waals surface area contributed by atoms with Crippen molar-refractivity contribution in [3.05, 3.63) is 40.1 Å². The van der Waals surface area contributed by atoms with Gasteiger partial charge in [0.05, 0.1) is 23.7 Å². The number of methoxy groups -OCH3 is 1. The fourth-order valence-electron chi connectivity index (χ4n) is 2.04. The third-order valence-electron chi connectivity index (χ3n) is 3.15. The van der Waals surface area contributed by atoms with Gasteiger partial charge in [-0.05, 0) is 24.6 Å². The van der Waals surface area contributed by atoms with Crippen LogP contribution in [0.3, 0.4) is 0 Å². The first-order chi connectivity index (χ1) is 10.6. The fraction of sp³-hybridized carbons (Fsp3) is 0.400. The summed E-state index contributed by atoms with van der Waals surface area (Å²) < 4.78 is 15.2. The van der Waals surface area contributed by atoms with E-state index in [1.54, 1.807) is 18.2 Å². The minimum Gasteiger partial charge on any atom is -0.492 e. The Morgan fingerprint density at radius 3 is 2.78 bits per heavy atom. The van der Waals surface area contributed by atoms with E-state index in [4.69, 9.17) is 32.7 Å². The lowest BCUT2D eigenvalue weighted by atomic mass is 10.2. The fourth-order valence-corrected chi connectivity index (χ4v) is 2.33. The first-order valence-corrected chi connectivity index (χ1v) is 7.59. The number of hydrogen-bond donors (Lipinski definition) is 0. The lowest BCUT2D eigenvalue weighted by Crippen LogP contribution is -2.34. The third kappa shape index (κ3) is 6.47. The molecule has 1 aromatic carbocycles. The average Bonchev–Trinajstić information content (AvgIpc) is 2.51. The first kappa shape index (κ1) is 19.9. The molecular weight excluding hydrogens is 365 g/mol. The Bertz CT molecular complexity index is 566. The molecule has 23 heavy (non-hydrogen) atoms. The molecule has 1 aliphatic heterocycles. The quantitative estimate of drug-likeness (QED) is 0.715. The molecule has 8 heteroatoms. The summed E-state index contributed by atoms with van der Waals surface area (Å²) in [6.07, 6.45) is 2.02. The molecule has 0 saturated carbocycles. The molecule has 5 nitrogen and oxygen atoms in total. The Morgan fingerprint density at radius 2 is 2.09 bits per heavy atom. The number of hydrogen-bond acceptors (Lipinski definition) is 5. The highest BCUT2D eigenvalue weighted by Crippen LogP contribution is 2.26. The van der Waals surface area contributed by atoms with Crippen molar-refractivity contribution in [1.82, 2.24) is 4.90 Å². The highest BCUT2D eigenvalue weighted by atomic mass is 35.5. The molecule has 1 aromatic rings. The Morgan fingerprint density at radius 1 is 1.30 bits per heavy atom. The van der Waals surface area contributed by atoms with Crippen LogP contribution in [-0.4, -0.2) is 44.4 Å². The van der Waals surface area contributed by atoms with Gasteiger partial charge >= 0.3 is 6.16 Å². The first-order valence-electron chi connectivity index (χ1n) is 6.83. The molecule has 0 amide bonds. The van der Waals surface area contributed by atoms with E-state index in [9.17, 15) is 4.79 Å². The van der Waals surface area contributed by atoms with Gasteiger partial charge in [-0.15, -0.1) is 12.4 Å². The molecule has 0 saturated heterocycles. The van der Waals surface area contributed by atoms with Crippen LogP contribution in [0.4, 0.5) is 4.79 Å². The highest BCUT2D eigenvalue weighted by Gasteiger charge is 2.16. The number of carbonyl (C=O) groups excluding carboxylic acids is 1. The lowest BCUT2D eigenvalue weighted by molar-refractivity contribution is 0.0859. The van der Waals surface area contributed by atoms with Gasteiger partial charge in [0, 0.05) is 19.2 Å². The Kier molecular flexibility index (Phi) is 8.55. The summed E-state index contributed by atoms with van der Waals surface area (Å²) in [5.74, 6) is 1.28. The van der Waals surface area contributed by atoms with Gasteiger partial charge in [-0.25, -0.2) is 4.79 Å². The standard InChI is InChI=1S/C15H17Cl2NO4.ClH/c1-20-15(19)22-12-3-2-6-18(10-12)7-8-21-11-4-5-13(16)14(17)9-11;/h3-5,9H,2,6-8,10H2,1H3;1H. The molecule has 1 heterocycles. The van der Waals surface area contributed by atoms with Crippen molar-refractivity contribution in [2.24, 2.45) is 0 Å². The molecule has 1 aliphatic rings. The molecule has 0 fully saturated rings. The number of ether oxygens (including phenoxy) is 3. The molecule has 0 unspecified atom stereocenters. The van der Waals surface area contributed by atoms with Crippen LogP contribution in [0.15, 0.2) is 30.0 Å². The molecule has 2 rings (SSSR count). The van der Waals surface area contributed by atoms with Crippen LogP contribution in [0.5, 0.6) is 5.75 Å². The summed E-state index contributed by atoms with van der Waals surface area (Å²) in [5.41, 5.74) is 0. The number of benzene rings is 1. The van der Waals surface area contributed by atoms with Gasteiger partial charge < -0.3 is 14.2 Å². The summed E-state index contributed by atoms with van der Waals surface area (Å²) in [5, 5.41) is 0.966. The van der Waals surface area contributed by atoms with E-state index in [0.29, 0.717) is 41.3 Å². The topological polar surface area (TPSA) is 48.0 Å². The van der Waals surface area contributed by atoms with Gasteiger partial charge in [-0.3, -0.25) is 4.90 Å². The van der Waals surface area contributed by atoms with E-state index in [2.05, 4.69) is 9.64 Å². The molecule has 0 aromatic heterocycles. The third-order valence-corrected chi connectivity index (χ3v) is 3.88. The normalized spacial score (nSPS) is 14.5. The number of halogens is 3. The van der Waals surface area contributed by atoms with Crippen molar-refractivity contribution in [3.8, 4) is 5.75 Å². The summed E-state index contributed by atoms with van der Waals surface area (Å²) in [7, 11) is 1.29. The van der Waals surface area contributed by atoms with Crippen LogP contribution in [0.2, 0.25) is 10.0 Å². The van der Waals surface area contributed by atoms with E-state index >= 15 is 0 Å². The van der Waals surface area contributed by atoms with E-state index in [0.717, 1.165) is 13.0 Å². The van der Waals surface area contributed by atoms with Gasteiger partial charge in [0.15, 0.2) is 0 Å². The number of rotatable bonds is 5. The second-order valence-corrected chi connectivity index (χ2v) is 5.53. The largest absolute Gasteiger partial charge is 0.513 e. The zero-order valence-corrected chi connectivity index (χ0v) is 14.9. The Labute approximate surface area is 151 Å². The molecule has 0 radical (unpaired) electrons. The summed E-state index contributed by atoms with van der Waals surface area (Å²) in [6, 6.07) is 5.16. The molecule has 0 atom stereocenters. The zero-order chi connectivity index (χ0) is 15.9. The molecule has 128 valence electrons. The van der Waals surface area contributed by atoms with Crippen molar-refractivity contribution in [2.45, 2.75) is 6.42 Å². The van der Waals surface area contributed by atoms with Crippen LogP contribution in [0.1, 0.15) is 6.42 Å². The predicted molar refractivity (Wildman–Crippen MR) is 91.8 cm³/mol. The average molecular weight is 383 g/mol. The van der Waals surface area contributed by atoms with E-state index in [1.807, 2.05) is 6.08 Å². The number of carbonyl (C=O) groups is 1. The molecule has 0 spiro atoms. The van der Waals surface area contributed by atoms with Gasteiger partial charge in [-0.2, -0.15) is 0 Å². The van der Waals surface area contributed by atoms with E-state index in [-0.39, 0.29) is 12.4 Å². The van der Waals surface area contributed by atoms with E-state index in [1.165, 1.54) is 7.11 Å². The monoisotopic (exact) mass is 381 g/mol. The van der Waals surface area contributed by atoms with Crippen LogP contribution in [0, 0.1) is 0 Å². The summed E-state index contributed by atoms with van der Waals surface area (Å²) in [4.78, 5) is 13.2. The van der Waals surface area contributed by atoms with Gasteiger partial charge in [0.25, 0.3) is 0 Å². The Hall–Kier alpha value is -1.14. The van der Waals surface area contributed by atoms with Crippen molar-refractivity contribution in [2.75, 3.05) is 33.4 Å². The minimum atomic E-state index is -0.694. The van der Waals surface area contributed by atoms with Crippen LogP contribution in [0.25, 0.3) is 0 Å². The predicted octanol–water partition coefficient (Wildman–Crippen LogP) is 4.17. The molecular formula is C15H18Cl3NO4. The maximum atomic E-state index is 11.1. The highest BCUT2D eigenvalue weighted by molar-refractivity contribution is 6.42. The number of nitrogens with zero attached hydrogens (tertiary/aromatic N) is 1. The maximum Gasteiger partial charge on any atom is 0.513 e. The van der Waals surface area contributed by atoms with Gasteiger partial charge in [-0.1, -0.05) is 23.2 Å². The van der Waals surface area contributed by atoms with Crippen LogP contribution in [-0.2, 0) is 9.47 Å².